The number of nitrogens with one attached hydrogen (secondary N) is 2. The number of aliphatic hydroxyl groups excluding tert-OH is 1. The van der Waals surface area contributed by atoms with Crippen molar-refractivity contribution in [2.45, 2.75) is 25.4 Å². The van der Waals surface area contributed by atoms with E-state index in [1.54, 1.807) is 12.1 Å². The second-order valence-electron chi connectivity index (χ2n) is 7.04. The predicted molar refractivity (Wildman–Crippen MR) is 109 cm³/mol. The highest BCUT2D eigenvalue weighted by Gasteiger charge is 2.21. The minimum atomic E-state index is -0.849. The lowest BCUT2D eigenvalue weighted by molar-refractivity contribution is 0.0944. The van der Waals surface area contributed by atoms with Crippen molar-refractivity contribution in [2.75, 3.05) is 26.2 Å². The number of likely N-dealkylation sites (tertiary alicyclic amines) is 1. The number of benzene rings is 1. The van der Waals surface area contributed by atoms with Crippen LogP contribution >= 0.6 is 0 Å². The van der Waals surface area contributed by atoms with Crippen LogP contribution in [0.25, 0.3) is 11.3 Å². The van der Waals surface area contributed by atoms with E-state index in [0.717, 1.165) is 29.7 Å². The second-order valence-corrected chi connectivity index (χ2v) is 7.04. The minimum Gasteiger partial charge on any atom is -0.465 e. The summed E-state index contributed by atoms with van der Waals surface area (Å²) in [5.41, 5.74) is 3.20. The van der Waals surface area contributed by atoms with E-state index in [9.17, 15) is 9.59 Å². The quantitative estimate of drug-likeness (QED) is 0.564. The summed E-state index contributed by atoms with van der Waals surface area (Å²) in [5, 5.41) is 23.9. The molecule has 1 aromatic heterocycles. The van der Waals surface area contributed by atoms with E-state index in [-0.39, 0.29) is 19.1 Å². The van der Waals surface area contributed by atoms with Crippen LogP contribution in [0.15, 0.2) is 42.6 Å². The molecule has 0 saturated carbocycles. The van der Waals surface area contributed by atoms with Crippen molar-refractivity contribution in [2.24, 2.45) is 0 Å². The highest BCUT2D eigenvalue weighted by molar-refractivity contribution is 5.95. The van der Waals surface area contributed by atoms with Crippen molar-refractivity contribution < 1.29 is 19.8 Å². The van der Waals surface area contributed by atoms with E-state index in [1.165, 1.54) is 4.90 Å². The van der Waals surface area contributed by atoms with E-state index in [1.807, 2.05) is 30.5 Å². The van der Waals surface area contributed by atoms with Gasteiger partial charge in [-0.1, -0.05) is 18.2 Å². The minimum absolute atomic E-state index is 0.0961. The molecule has 4 N–H and O–H groups in total. The summed E-state index contributed by atoms with van der Waals surface area (Å²) in [6.45, 7) is 1.92. The Hall–Kier alpha value is -2.97. The molecule has 0 bridgehead atoms. The third kappa shape index (κ3) is 5.75. The average Bonchev–Trinajstić information content (AvgIpc) is 2.76. The molecule has 8 nitrogen and oxygen atoms in total. The Balaban J connectivity index is 1.55. The van der Waals surface area contributed by atoms with Gasteiger partial charge in [0.1, 0.15) is 0 Å². The number of amides is 2. The number of carboxylic acid groups (broad SMARTS) is 1. The highest BCUT2D eigenvalue weighted by Crippen LogP contribution is 2.19. The molecular formula is C21H26N4O4. The van der Waals surface area contributed by atoms with Crippen molar-refractivity contribution in [3.8, 4) is 11.3 Å². The van der Waals surface area contributed by atoms with Gasteiger partial charge >= 0.3 is 6.09 Å². The van der Waals surface area contributed by atoms with E-state index in [4.69, 9.17) is 10.2 Å². The molecule has 1 fully saturated rings. The molecule has 29 heavy (non-hydrogen) atoms. The van der Waals surface area contributed by atoms with Gasteiger partial charge in [-0.2, -0.15) is 0 Å². The zero-order valence-corrected chi connectivity index (χ0v) is 16.2. The normalized spacial score (nSPS) is 14.6. The zero-order valence-electron chi connectivity index (χ0n) is 16.2. The van der Waals surface area contributed by atoms with Gasteiger partial charge in [0.2, 0.25) is 0 Å². The molecule has 2 aromatic rings. The number of rotatable bonds is 7. The van der Waals surface area contributed by atoms with Crippen LogP contribution in [0, 0.1) is 0 Å². The summed E-state index contributed by atoms with van der Waals surface area (Å²) in [4.78, 5) is 29.0. The van der Waals surface area contributed by atoms with E-state index < -0.39 is 6.09 Å². The van der Waals surface area contributed by atoms with E-state index in [0.29, 0.717) is 31.2 Å². The van der Waals surface area contributed by atoms with Crippen molar-refractivity contribution in [3.63, 3.8) is 0 Å². The summed E-state index contributed by atoms with van der Waals surface area (Å²) < 4.78 is 0. The van der Waals surface area contributed by atoms with Gasteiger partial charge in [0.05, 0.1) is 12.3 Å². The van der Waals surface area contributed by atoms with Crippen LogP contribution in [0.4, 0.5) is 4.79 Å². The first-order valence-corrected chi connectivity index (χ1v) is 9.72. The summed E-state index contributed by atoms with van der Waals surface area (Å²) in [7, 11) is 0. The molecule has 1 aromatic carbocycles. The van der Waals surface area contributed by atoms with Gasteiger partial charge < -0.3 is 25.7 Å². The number of aromatic nitrogens is 1. The van der Waals surface area contributed by atoms with Gasteiger partial charge in [-0.15, -0.1) is 0 Å². The number of carbonyl (C=O) groups excluding carboxylic acids is 1. The third-order valence-electron chi connectivity index (χ3n) is 5.00. The van der Waals surface area contributed by atoms with E-state index >= 15 is 0 Å². The van der Waals surface area contributed by atoms with Gasteiger partial charge in [0.15, 0.2) is 0 Å². The number of pyridine rings is 1. The molecule has 1 saturated heterocycles. The van der Waals surface area contributed by atoms with Crippen LogP contribution in [0.3, 0.4) is 0 Å². The maximum atomic E-state index is 12.0. The van der Waals surface area contributed by atoms with Gasteiger partial charge in [0.25, 0.3) is 5.91 Å². The van der Waals surface area contributed by atoms with Crippen LogP contribution in [-0.2, 0) is 6.54 Å². The summed E-state index contributed by atoms with van der Waals surface area (Å²) in [6, 6.07) is 11.4. The van der Waals surface area contributed by atoms with Crippen LogP contribution in [0.5, 0.6) is 0 Å². The first kappa shape index (κ1) is 20.8. The fourth-order valence-corrected chi connectivity index (χ4v) is 3.33. The van der Waals surface area contributed by atoms with Crippen LogP contribution in [0.1, 0.15) is 28.8 Å². The number of nitrogens with zero attached hydrogens (tertiary/aromatic N) is 2. The lowest BCUT2D eigenvalue weighted by atomic mass is 10.0. The molecule has 1 aliphatic heterocycles. The van der Waals surface area contributed by atoms with Crippen molar-refractivity contribution in [3.05, 3.63) is 53.7 Å². The molecule has 0 spiro atoms. The maximum Gasteiger partial charge on any atom is 0.407 e. The Kier molecular flexibility index (Phi) is 7.15. The topological polar surface area (TPSA) is 115 Å². The lowest BCUT2D eigenvalue weighted by Gasteiger charge is -2.30. The molecule has 2 heterocycles. The SMILES string of the molecule is O=C(NCCO)c1cccc(-c2ccc(CNC3CCN(C(=O)O)CC3)cn2)c1. The van der Waals surface area contributed by atoms with Crippen LogP contribution in [0.2, 0.25) is 0 Å². The number of hydrogen-bond donors (Lipinski definition) is 4. The van der Waals surface area contributed by atoms with E-state index in [2.05, 4.69) is 15.6 Å². The first-order valence-electron chi connectivity index (χ1n) is 9.72. The van der Waals surface area contributed by atoms with Crippen molar-refractivity contribution in [1.29, 1.82) is 0 Å². The van der Waals surface area contributed by atoms with Crippen LogP contribution < -0.4 is 10.6 Å². The van der Waals surface area contributed by atoms with Gasteiger partial charge in [0, 0.05) is 49.5 Å². The first-order chi connectivity index (χ1) is 14.1. The Labute approximate surface area is 169 Å². The largest absolute Gasteiger partial charge is 0.465 e. The van der Waals surface area contributed by atoms with Gasteiger partial charge in [-0.3, -0.25) is 9.78 Å². The molecule has 3 rings (SSSR count). The number of piperidine rings is 1. The number of hydrogen-bond acceptors (Lipinski definition) is 5. The lowest BCUT2D eigenvalue weighted by Crippen LogP contribution is -2.44. The zero-order chi connectivity index (χ0) is 20.6. The summed E-state index contributed by atoms with van der Waals surface area (Å²) >= 11 is 0. The molecule has 0 radical (unpaired) electrons. The summed E-state index contributed by atoms with van der Waals surface area (Å²) in [6.07, 6.45) is 2.58. The standard InChI is InChI=1S/C21H26N4O4/c26-11-8-22-20(27)17-3-1-2-16(12-17)19-5-4-15(14-24-19)13-23-18-6-9-25(10-7-18)21(28)29/h1-5,12,14,18,23,26H,6-11,13H2,(H,22,27)(H,28,29). The molecule has 0 aliphatic carbocycles. The molecule has 0 unspecified atom stereocenters. The fourth-order valence-electron chi connectivity index (χ4n) is 3.33. The molecular weight excluding hydrogens is 372 g/mol. The number of aliphatic hydroxyl groups is 1. The van der Waals surface area contributed by atoms with Gasteiger partial charge in [-0.25, -0.2) is 4.79 Å². The average molecular weight is 398 g/mol. The number of carbonyl (C=O) groups is 2. The maximum absolute atomic E-state index is 12.0. The second kappa shape index (κ2) is 9.99. The Morgan fingerprint density at radius 1 is 1.17 bits per heavy atom. The Bertz CT molecular complexity index is 833. The predicted octanol–water partition coefficient (Wildman–Crippen LogP) is 1.70. The van der Waals surface area contributed by atoms with Crippen LogP contribution in [-0.4, -0.2) is 64.4 Å². The Morgan fingerprint density at radius 3 is 2.62 bits per heavy atom. The molecule has 8 heteroatoms. The molecule has 1 aliphatic rings. The molecule has 2 amide bonds. The van der Waals surface area contributed by atoms with Gasteiger partial charge in [-0.05, 0) is 36.6 Å². The Morgan fingerprint density at radius 2 is 1.97 bits per heavy atom. The fraction of sp³-hybridized carbons (Fsp3) is 0.381. The molecule has 154 valence electrons. The third-order valence-corrected chi connectivity index (χ3v) is 5.00. The van der Waals surface area contributed by atoms with Crippen molar-refractivity contribution in [1.82, 2.24) is 20.5 Å². The monoisotopic (exact) mass is 398 g/mol. The van der Waals surface area contributed by atoms with Crippen molar-refractivity contribution >= 4 is 12.0 Å². The smallest absolute Gasteiger partial charge is 0.407 e. The highest BCUT2D eigenvalue weighted by atomic mass is 16.4. The summed E-state index contributed by atoms with van der Waals surface area (Å²) in [5.74, 6) is -0.226. The molecule has 0 atom stereocenters.